The van der Waals surface area contributed by atoms with Crippen molar-refractivity contribution in [2.75, 3.05) is 18.6 Å². The Kier molecular flexibility index (Phi) is 3.82. The smallest absolute Gasteiger partial charge is 0.264 e. The summed E-state index contributed by atoms with van der Waals surface area (Å²) in [6.45, 7) is 0.575. The van der Waals surface area contributed by atoms with Crippen molar-refractivity contribution in [3.05, 3.63) is 23.8 Å². The van der Waals surface area contributed by atoms with Crippen molar-refractivity contribution in [3.63, 3.8) is 0 Å². The number of hydrogen-bond acceptors (Lipinski definition) is 3. The van der Waals surface area contributed by atoms with Crippen molar-refractivity contribution in [3.8, 4) is 5.75 Å². The maximum atomic E-state index is 12.0. The van der Waals surface area contributed by atoms with Crippen LogP contribution >= 0.6 is 0 Å². The molecule has 0 saturated heterocycles. The standard InChI is InChI=1S/C16H20N2O3/c1-18-13-8-11(6-7-14(13)21-10-15(18)19)9-17-16(20)12-4-2-3-5-12/h6-8,12H,2-5,9-10H2,1H3,(H,17,20). The normalized spacial score (nSPS) is 18.3. The van der Waals surface area contributed by atoms with Gasteiger partial charge < -0.3 is 15.0 Å². The Morgan fingerprint density at radius 3 is 2.90 bits per heavy atom. The highest BCUT2D eigenvalue weighted by Crippen LogP contribution is 2.32. The fourth-order valence-corrected chi connectivity index (χ4v) is 2.95. The van der Waals surface area contributed by atoms with Crippen LogP contribution in [0.1, 0.15) is 31.2 Å². The average Bonchev–Trinajstić information content (AvgIpc) is 3.03. The van der Waals surface area contributed by atoms with Gasteiger partial charge in [0.1, 0.15) is 5.75 Å². The van der Waals surface area contributed by atoms with Crippen LogP contribution in [0, 0.1) is 5.92 Å². The third-order valence-electron chi connectivity index (χ3n) is 4.30. The van der Waals surface area contributed by atoms with Gasteiger partial charge in [-0.15, -0.1) is 0 Å². The van der Waals surface area contributed by atoms with E-state index in [1.807, 2.05) is 18.2 Å². The first-order valence-corrected chi connectivity index (χ1v) is 7.45. The molecule has 1 aromatic rings. The number of carbonyl (C=O) groups excluding carboxylic acids is 2. The van der Waals surface area contributed by atoms with Crippen molar-refractivity contribution in [1.82, 2.24) is 5.32 Å². The van der Waals surface area contributed by atoms with E-state index >= 15 is 0 Å². The number of ether oxygens (including phenoxy) is 1. The molecule has 3 rings (SSSR count). The number of nitrogens with one attached hydrogen (secondary N) is 1. The molecule has 1 aliphatic carbocycles. The Hall–Kier alpha value is -2.04. The largest absolute Gasteiger partial charge is 0.482 e. The first-order chi connectivity index (χ1) is 10.1. The van der Waals surface area contributed by atoms with Gasteiger partial charge in [-0.2, -0.15) is 0 Å². The molecule has 1 fully saturated rings. The van der Waals surface area contributed by atoms with Crippen molar-refractivity contribution >= 4 is 17.5 Å². The van der Waals surface area contributed by atoms with Gasteiger partial charge in [-0.3, -0.25) is 9.59 Å². The number of anilines is 1. The van der Waals surface area contributed by atoms with Gasteiger partial charge in [0.05, 0.1) is 5.69 Å². The van der Waals surface area contributed by atoms with Gasteiger partial charge in [0.25, 0.3) is 5.91 Å². The van der Waals surface area contributed by atoms with Gasteiger partial charge in [-0.1, -0.05) is 18.9 Å². The number of fused-ring (bicyclic) bond motifs is 1. The second kappa shape index (κ2) is 5.76. The van der Waals surface area contributed by atoms with E-state index in [-0.39, 0.29) is 24.3 Å². The third kappa shape index (κ3) is 2.86. The highest BCUT2D eigenvalue weighted by molar-refractivity contribution is 5.97. The molecule has 1 heterocycles. The van der Waals surface area contributed by atoms with E-state index in [9.17, 15) is 9.59 Å². The van der Waals surface area contributed by atoms with Crippen LogP contribution in [0.3, 0.4) is 0 Å². The number of benzene rings is 1. The maximum absolute atomic E-state index is 12.0. The molecule has 0 radical (unpaired) electrons. The van der Waals surface area contributed by atoms with Gasteiger partial charge in [0, 0.05) is 19.5 Å². The van der Waals surface area contributed by atoms with Crippen molar-refractivity contribution in [2.24, 2.45) is 5.92 Å². The Labute approximate surface area is 124 Å². The summed E-state index contributed by atoms with van der Waals surface area (Å²) in [6, 6.07) is 5.69. The molecule has 21 heavy (non-hydrogen) atoms. The van der Waals surface area contributed by atoms with Crippen molar-refractivity contribution in [1.29, 1.82) is 0 Å². The van der Waals surface area contributed by atoms with Crippen molar-refractivity contribution in [2.45, 2.75) is 32.2 Å². The molecule has 0 bridgehead atoms. The van der Waals surface area contributed by atoms with Crippen LogP contribution in [0.5, 0.6) is 5.75 Å². The van der Waals surface area contributed by atoms with Crippen LogP contribution in [-0.2, 0) is 16.1 Å². The molecule has 1 saturated carbocycles. The summed E-state index contributed by atoms with van der Waals surface area (Å²) in [6.07, 6.45) is 4.31. The average molecular weight is 288 g/mol. The first-order valence-electron chi connectivity index (χ1n) is 7.45. The minimum absolute atomic E-state index is 0.0605. The maximum Gasteiger partial charge on any atom is 0.264 e. The Morgan fingerprint density at radius 1 is 1.38 bits per heavy atom. The third-order valence-corrected chi connectivity index (χ3v) is 4.30. The SMILES string of the molecule is CN1C(=O)COc2ccc(CNC(=O)C3CCCC3)cc21. The molecule has 0 atom stereocenters. The van der Waals surface area contributed by atoms with Gasteiger partial charge in [0.15, 0.2) is 6.61 Å². The van der Waals surface area contributed by atoms with Gasteiger partial charge >= 0.3 is 0 Å². The molecule has 1 N–H and O–H groups in total. The van der Waals surface area contributed by atoms with Crippen LogP contribution in [0.15, 0.2) is 18.2 Å². The second-order valence-electron chi connectivity index (χ2n) is 5.74. The molecular formula is C16H20N2O3. The number of nitrogens with zero attached hydrogens (tertiary/aromatic N) is 1. The summed E-state index contributed by atoms with van der Waals surface area (Å²) in [5, 5.41) is 2.99. The molecule has 1 aromatic carbocycles. The van der Waals surface area contributed by atoms with E-state index in [1.54, 1.807) is 11.9 Å². The summed E-state index contributed by atoms with van der Waals surface area (Å²) >= 11 is 0. The molecular weight excluding hydrogens is 268 g/mol. The number of carbonyl (C=O) groups is 2. The molecule has 0 aromatic heterocycles. The molecule has 0 spiro atoms. The lowest BCUT2D eigenvalue weighted by molar-refractivity contribution is -0.125. The van der Waals surface area contributed by atoms with E-state index in [2.05, 4.69) is 5.32 Å². The van der Waals surface area contributed by atoms with E-state index in [0.717, 1.165) is 36.9 Å². The van der Waals surface area contributed by atoms with Crippen molar-refractivity contribution < 1.29 is 14.3 Å². The summed E-state index contributed by atoms with van der Waals surface area (Å²) in [4.78, 5) is 25.3. The fourth-order valence-electron chi connectivity index (χ4n) is 2.95. The number of likely N-dealkylation sites (N-methyl/N-ethyl adjacent to an activating group) is 1. The topological polar surface area (TPSA) is 58.6 Å². The van der Waals surface area contributed by atoms with Crippen LogP contribution < -0.4 is 15.0 Å². The Bertz CT molecular complexity index is 565. The predicted molar refractivity (Wildman–Crippen MR) is 79.2 cm³/mol. The van der Waals surface area contributed by atoms with Gasteiger partial charge in [0.2, 0.25) is 5.91 Å². The summed E-state index contributed by atoms with van der Waals surface area (Å²) < 4.78 is 5.39. The van der Waals surface area contributed by atoms with Crippen LogP contribution in [-0.4, -0.2) is 25.5 Å². The zero-order chi connectivity index (χ0) is 14.8. The van der Waals surface area contributed by atoms with E-state index in [4.69, 9.17) is 4.74 Å². The molecule has 1 aliphatic heterocycles. The molecule has 5 nitrogen and oxygen atoms in total. The zero-order valence-corrected chi connectivity index (χ0v) is 12.2. The van der Waals surface area contributed by atoms with E-state index in [0.29, 0.717) is 12.3 Å². The number of rotatable bonds is 3. The summed E-state index contributed by atoms with van der Waals surface area (Å²) in [5.41, 5.74) is 1.74. The Balaban J connectivity index is 1.66. The lowest BCUT2D eigenvalue weighted by Crippen LogP contribution is -2.35. The lowest BCUT2D eigenvalue weighted by atomic mass is 10.1. The first kappa shape index (κ1) is 13.9. The fraction of sp³-hybridized carbons (Fsp3) is 0.500. The Morgan fingerprint density at radius 2 is 2.14 bits per heavy atom. The second-order valence-corrected chi connectivity index (χ2v) is 5.74. The van der Waals surface area contributed by atoms with Gasteiger partial charge in [-0.25, -0.2) is 0 Å². The summed E-state index contributed by atoms with van der Waals surface area (Å²) in [7, 11) is 1.74. The summed E-state index contributed by atoms with van der Waals surface area (Å²) in [5.74, 6) is 0.971. The monoisotopic (exact) mass is 288 g/mol. The minimum atomic E-state index is -0.0605. The molecule has 112 valence electrons. The number of amides is 2. The van der Waals surface area contributed by atoms with Crippen LogP contribution in [0.4, 0.5) is 5.69 Å². The van der Waals surface area contributed by atoms with Crippen LogP contribution in [0.2, 0.25) is 0 Å². The van der Waals surface area contributed by atoms with Gasteiger partial charge in [-0.05, 0) is 30.5 Å². The van der Waals surface area contributed by atoms with E-state index < -0.39 is 0 Å². The van der Waals surface area contributed by atoms with E-state index in [1.165, 1.54) is 0 Å². The number of hydrogen-bond donors (Lipinski definition) is 1. The molecule has 2 aliphatic rings. The zero-order valence-electron chi connectivity index (χ0n) is 12.2. The molecule has 0 unspecified atom stereocenters. The highest BCUT2D eigenvalue weighted by Gasteiger charge is 2.24. The van der Waals surface area contributed by atoms with Crippen LogP contribution in [0.25, 0.3) is 0 Å². The lowest BCUT2D eigenvalue weighted by Gasteiger charge is -2.26. The minimum Gasteiger partial charge on any atom is -0.482 e. The quantitative estimate of drug-likeness (QED) is 0.923. The molecule has 5 heteroatoms. The molecule has 2 amide bonds. The predicted octanol–water partition coefficient (Wildman–Crippen LogP) is 1.85. The highest BCUT2D eigenvalue weighted by atomic mass is 16.5.